The summed E-state index contributed by atoms with van der Waals surface area (Å²) in [5, 5.41) is 11.9. The Morgan fingerprint density at radius 2 is 2.12 bits per heavy atom. The first kappa shape index (κ1) is 18.3. The average Bonchev–Trinajstić information content (AvgIpc) is 2.58. The summed E-state index contributed by atoms with van der Waals surface area (Å²) < 4.78 is 10.7. The fraction of sp³-hybridized carbons (Fsp3) is 0.556. The molecule has 0 aliphatic heterocycles. The fourth-order valence-electron chi connectivity index (χ4n) is 3.01. The summed E-state index contributed by atoms with van der Waals surface area (Å²) in [6.07, 6.45) is 4.57. The molecule has 0 heterocycles. The van der Waals surface area contributed by atoms with Crippen molar-refractivity contribution >= 4 is 11.9 Å². The van der Waals surface area contributed by atoms with Crippen molar-refractivity contribution in [2.75, 3.05) is 13.7 Å². The summed E-state index contributed by atoms with van der Waals surface area (Å²) >= 11 is 0. The monoisotopic (exact) mass is 335 g/mol. The molecule has 2 rings (SSSR count). The maximum Gasteiger partial charge on any atom is 0.339 e. The van der Waals surface area contributed by atoms with Gasteiger partial charge >= 0.3 is 5.97 Å². The van der Waals surface area contributed by atoms with E-state index in [1.165, 1.54) is 19.6 Å². The van der Waals surface area contributed by atoms with Gasteiger partial charge in [0.15, 0.2) is 0 Å². The second-order valence-corrected chi connectivity index (χ2v) is 6.32. The zero-order valence-electron chi connectivity index (χ0n) is 14.2. The van der Waals surface area contributed by atoms with E-state index in [1.54, 1.807) is 12.1 Å². The van der Waals surface area contributed by atoms with Gasteiger partial charge in [-0.2, -0.15) is 0 Å². The van der Waals surface area contributed by atoms with Gasteiger partial charge in [0.25, 0.3) is 0 Å². The highest BCUT2D eigenvalue weighted by atomic mass is 16.5. The molecule has 1 aliphatic rings. The molecule has 1 aromatic carbocycles. The molecule has 0 saturated heterocycles. The van der Waals surface area contributed by atoms with Gasteiger partial charge in [0.05, 0.1) is 13.2 Å². The van der Waals surface area contributed by atoms with Gasteiger partial charge in [-0.15, -0.1) is 0 Å². The minimum atomic E-state index is -1.06. The highest BCUT2D eigenvalue weighted by Gasteiger charge is 2.20. The number of ether oxygens (including phenoxy) is 2. The van der Waals surface area contributed by atoms with E-state index in [4.69, 9.17) is 14.6 Å². The predicted molar refractivity (Wildman–Crippen MR) is 89.2 cm³/mol. The lowest BCUT2D eigenvalue weighted by atomic mass is 9.89. The average molecular weight is 335 g/mol. The van der Waals surface area contributed by atoms with Gasteiger partial charge in [-0.05, 0) is 36.5 Å². The number of carboxylic acids is 1. The van der Waals surface area contributed by atoms with E-state index in [9.17, 15) is 9.59 Å². The Kier molecular flexibility index (Phi) is 6.61. The summed E-state index contributed by atoms with van der Waals surface area (Å²) in [6, 6.07) is 4.82. The molecule has 1 saturated carbocycles. The number of rotatable bonds is 7. The van der Waals surface area contributed by atoms with Crippen LogP contribution >= 0.6 is 0 Å². The smallest absolute Gasteiger partial charge is 0.339 e. The quantitative estimate of drug-likeness (QED) is 0.800. The third-order valence-corrected chi connectivity index (χ3v) is 4.32. The number of hydrogen-bond donors (Lipinski definition) is 2. The van der Waals surface area contributed by atoms with Gasteiger partial charge in [-0.3, -0.25) is 4.79 Å². The number of nitrogens with one attached hydrogen (secondary N) is 1. The number of hydrogen-bond acceptors (Lipinski definition) is 4. The Morgan fingerprint density at radius 1 is 1.33 bits per heavy atom. The summed E-state index contributed by atoms with van der Waals surface area (Å²) in [6.45, 7) is 2.51. The molecule has 1 amide bonds. The number of amides is 1. The van der Waals surface area contributed by atoms with Crippen molar-refractivity contribution in [3.63, 3.8) is 0 Å². The van der Waals surface area contributed by atoms with E-state index in [1.807, 2.05) is 0 Å². The first-order chi connectivity index (χ1) is 11.5. The van der Waals surface area contributed by atoms with Crippen molar-refractivity contribution in [1.29, 1.82) is 0 Å². The van der Waals surface area contributed by atoms with Crippen LogP contribution in [0.3, 0.4) is 0 Å². The van der Waals surface area contributed by atoms with E-state index in [-0.39, 0.29) is 30.7 Å². The number of aromatic carboxylic acids is 1. The molecule has 6 heteroatoms. The van der Waals surface area contributed by atoms with Crippen LogP contribution in [-0.2, 0) is 16.1 Å². The maximum atomic E-state index is 11.9. The third-order valence-electron chi connectivity index (χ3n) is 4.32. The molecular weight excluding hydrogens is 310 g/mol. The minimum absolute atomic E-state index is 0.0410. The lowest BCUT2D eigenvalue weighted by Crippen LogP contribution is -2.31. The topological polar surface area (TPSA) is 84.9 Å². The van der Waals surface area contributed by atoms with E-state index in [2.05, 4.69) is 12.2 Å². The zero-order valence-corrected chi connectivity index (χ0v) is 14.2. The van der Waals surface area contributed by atoms with E-state index >= 15 is 0 Å². The number of carbonyl (C=O) groups excluding carboxylic acids is 1. The van der Waals surface area contributed by atoms with Crippen molar-refractivity contribution in [2.24, 2.45) is 5.92 Å². The summed E-state index contributed by atoms with van der Waals surface area (Å²) in [4.78, 5) is 23.1. The molecule has 0 radical (unpaired) electrons. The summed E-state index contributed by atoms with van der Waals surface area (Å²) in [7, 11) is 1.42. The van der Waals surface area contributed by atoms with Crippen molar-refractivity contribution in [2.45, 2.75) is 45.3 Å². The highest BCUT2D eigenvalue weighted by Crippen LogP contribution is 2.25. The van der Waals surface area contributed by atoms with Crippen LogP contribution in [0.15, 0.2) is 18.2 Å². The van der Waals surface area contributed by atoms with Crippen molar-refractivity contribution in [3.05, 3.63) is 29.3 Å². The number of carboxylic acid groups (broad SMARTS) is 1. The van der Waals surface area contributed by atoms with E-state index < -0.39 is 5.97 Å². The molecule has 2 unspecified atom stereocenters. The first-order valence-corrected chi connectivity index (χ1v) is 8.28. The zero-order chi connectivity index (χ0) is 17.5. The number of carbonyl (C=O) groups is 2. The van der Waals surface area contributed by atoms with Gasteiger partial charge < -0.3 is 19.9 Å². The minimum Gasteiger partial charge on any atom is -0.496 e. The largest absolute Gasteiger partial charge is 0.496 e. The Balaban J connectivity index is 1.81. The lowest BCUT2D eigenvalue weighted by molar-refractivity contribution is -0.128. The Bertz CT molecular complexity index is 587. The predicted octanol–water partition coefficient (Wildman–Crippen LogP) is 2.60. The van der Waals surface area contributed by atoms with Gasteiger partial charge in [0, 0.05) is 6.54 Å². The van der Waals surface area contributed by atoms with Crippen LogP contribution in [0.4, 0.5) is 0 Å². The summed E-state index contributed by atoms with van der Waals surface area (Å²) in [5.41, 5.74) is 0.782. The molecule has 0 bridgehead atoms. The molecule has 132 valence electrons. The Hall–Kier alpha value is -2.08. The second kappa shape index (κ2) is 8.68. The molecule has 1 aliphatic carbocycles. The number of methoxy groups -OCH3 is 1. The molecule has 6 nitrogen and oxygen atoms in total. The highest BCUT2D eigenvalue weighted by molar-refractivity contribution is 5.91. The van der Waals surface area contributed by atoms with E-state index in [0.717, 1.165) is 19.3 Å². The third kappa shape index (κ3) is 5.23. The molecule has 0 aromatic heterocycles. The van der Waals surface area contributed by atoms with E-state index in [0.29, 0.717) is 17.2 Å². The second-order valence-electron chi connectivity index (χ2n) is 6.32. The SMILES string of the molecule is COc1ccc(CNC(=O)COC2CCCC(C)C2)cc1C(=O)O. The fourth-order valence-corrected chi connectivity index (χ4v) is 3.01. The van der Waals surface area contributed by atoms with Crippen LogP contribution < -0.4 is 10.1 Å². The maximum absolute atomic E-state index is 11.9. The van der Waals surface area contributed by atoms with Crippen LogP contribution in [0.5, 0.6) is 5.75 Å². The summed E-state index contributed by atoms with van der Waals surface area (Å²) in [5.74, 6) is -0.302. The van der Waals surface area contributed by atoms with Crippen LogP contribution in [0.25, 0.3) is 0 Å². The van der Waals surface area contributed by atoms with Gasteiger partial charge in [-0.1, -0.05) is 25.8 Å². The lowest BCUT2D eigenvalue weighted by Gasteiger charge is -2.26. The van der Waals surface area contributed by atoms with Crippen molar-refractivity contribution < 1.29 is 24.2 Å². The molecule has 1 fully saturated rings. The Morgan fingerprint density at radius 3 is 2.79 bits per heavy atom. The molecule has 1 aromatic rings. The molecule has 0 spiro atoms. The molecule has 2 atom stereocenters. The Labute approximate surface area is 142 Å². The van der Waals surface area contributed by atoms with Crippen LogP contribution in [-0.4, -0.2) is 36.8 Å². The van der Waals surface area contributed by atoms with Crippen molar-refractivity contribution in [3.8, 4) is 5.75 Å². The first-order valence-electron chi connectivity index (χ1n) is 8.28. The van der Waals surface area contributed by atoms with Crippen molar-refractivity contribution in [1.82, 2.24) is 5.32 Å². The van der Waals surface area contributed by atoms with Crippen LogP contribution in [0.2, 0.25) is 0 Å². The normalized spacial score (nSPS) is 20.4. The van der Waals surface area contributed by atoms with Crippen LogP contribution in [0, 0.1) is 5.92 Å². The molecule has 2 N–H and O–H groups in total. The van der Waals surface area contributed by atoms with Crippen LogP contribution in [0.1, 0.15) is 48.5 Å². The molecular formula is C18H25NO5. The van der Waals surface area contributed by atoms with Gasteiger partial charge in [-0.25, -0.2) is 4.79 Å². The van der Waals surface area contributed by atoms with Gasteiger partial charge in [0.2, 0.25) is 5.91 Å². The van der Waals surface area contributed by atoms with Gasteiger partial charge in [0.1, 0.15) is 17.9 Å². The molecule has 24 heavy (non-hydrogen) atoms. The standard InChI is InChI=1S/C18H25NO5/c1-12-4-3-5-14(8-12)24-11-17(20)19-10-13-6-7-16(23-2)15(9-13)18(21)22/h6-7,9,12,14H,3-5,8,10-11H2,1-2H3,(H,19,20)(H,21,22). The number of benzene rings is 1.